The molecule has 2 aliphatic rings. The summed E-state index contributed by atoms with van der Waals surface area (Å²) in [6.45, 7) is -0.162. The summed E-state index contributed by atoms with van der Waals surface area (Å²) in [6, 6.07) is 91.0. The smallest absolute Gasteiger partial charge is 0.252 e. The molecular formula is C70H43BN4O2. The van der Waals surface area contributed by atoms with E-state index in [0.717, 1.165) is 89.7 Å². The molecule has 0 bridgehead atoms. The molecular weight excluding hydrogens is 940 g/mol. The number of hydrogen-bond acceptors (Lipinski definition) is 4. The quantitative estimate of drug-likeness (QED) is 0.156. The van der Waals surface area contributed by atoms with E-state index in [1.54, 1.807) is 0 Å². The lowest BCUT2D eigenvalue weighted by Gasteiger charge is -2.45. The molecule has 0 saturated heterocycles. The Kier molecular flexibility index (Phi) is 8.83. The fraction of sp³-hybridized carbons (Fsp3) is 0. The first kappa shape index (κ1) is 42.2. The van der Waals surface area contributed by atoms with Crippen molar-refractivity contribution in [3.8, 4) is 33.6 Å². The van der Waals surface area contributed by atoms with E-state index in [2.05, 4.69) is 268 Å². The third-order valence-corrected chi connectivity index (χ3v) is 16.5. The summed E-state index contributed by atoms with van der Waals surface area (Å²) in [5, 5.41) is 6.98. The van der Waals surface area contributed by atoms with Crippen molar-refractivity contribution in [3.63, 3.8) is 0 Å². The first-order valence-electron chi connectivity index (χ1n) is 26.3. The Balaban J connectivity index is 1.01. The highest BCUT2D eigenvalue weighted by atomic mass is 16.3. The molecule has 0 radical (unpaired) electrons. The number of anilines is 6. The first-order valence-corrected chi connectivity index (χ1v) is 26.3. The number of aromatic nitrogens is 2. The van der Waals surface area contributed by atoms with E-state index in [-0.39, 0.29) is 6.71 Å². The minimum Gasteiger partial charge on any atom is -0.464 e. The molecule has 0 spiro atoms. The minimum atomic E-state index is -0.162. The standard InChI is InChI=1S/C70H43BN4O2/c1-3-16-44(17-4-1)48-32-36-66-54(38-40-76-66)69(48)74-62-28-15-29-63-68(62)71(56-34-30-46(42-64(56)74)72-58-24-11-7-20-50(58)51-21-8-12-25-59(51)72)57-35-31-47(73-60-26-13-9-22-52(60)53-23-10-14-27-61(53)73)43-65(57)75(63)70-49(45-18-5-2-6-19-45)33-37-67-55(70)39-41-77-67/h1-43H. The number of rotatable bonds is 6. The minimum absolute atomic E-state index is 0.162. The van der Waals surface area contributed by atoms with E-state index in [1.807, 2.05) is 12.5 Å². The molecule has 7 heteroatoms. The number of hydrogen-bond donors (Lipinski definition) is 0. The van der Waals surface area contributed by atoms with Crippen molar-refractivity contribution in [2.24, 2.45) is 0 Å². The highest BCUT2D eigenvalue weighted by Gasteiger charge is 2.45. The summed E-state index contributed by atoms with van der Waals surface area (Å²) in [6.07, 6.45) is 3.66. The van der Waals surface area contributed by atoms with Crippen LogP contribution in [0.15, 0.2) is 270 Å². The molecule has 0 aliphatic carbocycles. The van der Waals surface area contributed by atoms with Crippen LogP contribution in [0.2, 0.25) is 0 Å². The summed E-state index contributed by atoms with van der Waals surface area (Å²) in [5.74, 6) is 0. The third kappa shape index (κ3) is 5.96. The Labute approximate surface area is 443 Å². The van der Waals surface area contributed by atoms with Gasteiger partial charge < -0.3 is 27.8 Å². The van der Waals surface area contributed by atoms with Crippen molar-refractivity contribution in [1.82, 2.24) is 9.13 Å². The van der Waals surface area contributed by atoms with Crippen LogP contribution in [0.25, 0.3) is 99.2 Å². The van der Waals surface area contributed by atoms with Crippen LogP contribution in [0.3, 0.4) is 0 Å². The van der Waals surface area contributed by atoms with Crippen molar-refractivity contribution in [1.29, 1.82) is 0 Å². The molecule has 11 aromatic carbocycles. The van der Waals surface area contributed by atoms with E-state index in [0.29, 0.717) is 0 Å². The van der Waals surface area contributed by atoms with E-state index >= 15 is 0 Å². The summed E-state index contributed by atoms with van der Waals surface area (Å²) < 4.78 is 17.5. The maximum atomic E-state index is 6.33. The molecule has 6 heterocycles. The molecule has 4 aromatic heterocycles. The van der Waals surface area contributed by atoms with Crippen molar-refractivity contribution in [3.05, 3.63) is 261 Å². The molecule has 0 saturated carbocycles. The lowest BCUT2D eigenvalue weighted by Crippen LogP contribution is -2.61. The summed E-state index contributed by atoms with van der Waals surface area (Å²) in [4.78, 5) is 5.10. The van der Waals surface area contributed by atoms with Gasteiger partial charge in [-0.3, -0.25) is 0 Å². The number of para-hydroxylation sites is 4. The molecule has 6 nitrogen and oxygen atoms in total. The molecule has 77 heavy (non-hydrogen) atoms. The largest absolute Gasteiger partial charge is 0.464 e. The van der Waals surface area contributed by atoms with E-state index in [1.165, 1.54) is 60.0 Å². The van der Waals surface area contributed by atoms with Gasteiger partial charge in [-0.25, -0.2) is 0 Å². The fourth-order valence-corrected chi connectivity index (χ4v) is 13.3. The van der Waals surface area contributed by atoms with Crippen molar-refractivity contribution < 1.29 is 8.83 Å². The summed E-state index contributed by atoms with van der Waals surface area (Å²) in [5.41, 5.74) is 23.2. The predicted octanol–water partition coefficient (Wildman–Crippen LogP) is 16.8. The van der Waals surface area contributed by atoms with Gasteiger partial charge in [0, 0.05) is 77.6 Å². The van der Waals surface area contributed by atoms with E-state index in [4.69, 9.17) is 8.83 Å². The van der Waals surface area contributed by atoms with E-state index < -0.39 is 0 Å². The summed E-state index contributed by atoms with van der Waals surface area (Å²) >= 11 is 0. The normalized spacial score (nSPS) is 12.9. The van der Waals surface area contributed by atoms with Crippen LogP contribution in [-0.2, 0) is 0 Å². The lowest BCUT2D eigenvalue weighted by atomic mass is 9.33. The van der Waals surface area contributed by atoms with Crippen LogP contribution in [-0.4, -0.2) is 15.8 Å². The van der Waals surface area contributed by atoms with Gasteiger partial charge >= 0.3 is 0 Å². The van der Waals surface area contributed by atoms with Gasteiger partial charge in [0.15, 0.2) is 0 Å². The van der Waals surface area contributed by atoms with Crippen LogP contribution < -0.4 is 26.2 Å². The number of furan rings is 2. The molecule has 0 amide bonds. The second kappa shape index (κ2) is 16.1. The number of nitrogens with zero attached hydrogens (tertiary/aromatic N) is 4. The van der Waals surface area contributed by atoms with Crippen LogP contribution in [0, 0.1) is 0 Å². The predicted molar refractivity (Wildman–Crippen MR) is 320 cm³/mol. The van der Waals surface area contributed by atoms with Crippen LogP contribution in [0.1, 0.15) is 0 Å². The number of fused-ring (bicyclic) bond motifs is 12. The molecule has 0 unspecified atom stereocenters. The van der Waals surface area contributed by atoms with Gasteiger partial charge in [-0.2, -0.15) is 0 Å². The molecule has 15 aromatic rings. The van der Waals surface area contributed by atoms with Gasteiger partial charge in [0.1, 0.15) is 11.2 Å². The fourth-order valence-electron chi connectivity index (χ4n) is 13.3. The Morgan fingerprint density at radius 1 is 0.299 bits per heavy atom. The average molecular weight is 983 g/mol. The average Bonchev–Trinajstić information content (AvgIpc) is 4.42. The molecule has 0 fully saturated rings. The Morgan fingerprint density at radius 3 is 1.10 bits per heavy atom. The Bertz CT molecular complexity index is 4500. The zero-order valence-electron chi connectivity index (χ0n) is 41.5. The van der Waals surface area contributed by atoms with Gasteiger partial charge in [-0.05, 0) is 125 Å². The SMILES string of the molecule is c1ccc(-c2ccc3occc3c2N2c3cc(-n4c5ccccc5c5ccccc54)ccc3B3c4ccc(-n5c6ccccc6c6ccccc65)cc4N(c4c(-c5ccccc5)ccc5occc45)c4cccc2c43)cc1. The maximum Gasteiger partial charge on any atom is 0.252 e. The van der Waals surface area contributed by atoms with Gasteiger partial charge in [0.2, 0.25) is 0 Å². The summed E-state index contributed by atoms with van der Waals surface area (Å²) in [7, 11) is 0. The highest BCUT2D eigenvalue weighted by molar-refractivity contribution is 7.00. The number of benzene rings is 11. The van der Waals surface area contributed by atoms with Crippen LogP contribution >= 0.6 is 0 Å². The van der Waals surface area contributed by atoms with Crippen LogP contribution in [0.5, 0.6) is 0 Å². The van der Waals surface area contributed by atoms with Gasteiger partial charge in [-0.15, -0.1) is 0 Å². The van der Waals surface area contributed by atoms with Gasteiger partial charge in [0.05, 0.1) is 46.0 Å². The Morgan fingerprint density at radius 2 is 0.688 bits per heavy atom. The third-order valence-electron chi connectivity index (χ3n) is 16.5. The molecule has 0 N–H and O–H groups in total. The maximum absolute atomic E-state index is 6.33. The van der Waals surface area contributed by atoms with E-state index in [9.17, 15) is 0 Å². The second-order valence-corrected chi connectivity index (χ2v) is 20.4. The molecule has 2 aliphatic heterocycles. The van der Waals surface area contributed by atoms with Crippen molar-refractivity contribution >= 4 is 123 Å². The zero-order valence-corrected chi connectivity index (χ0v) is 41.5. The lowest BCUT2D eigenvalue weighted by molar-refractivity contribution is 0.615. The highest BCUT2D eigenvalue weighted by Crippen LogP contribution is 2.52. The van der Waals surface area contributed by atoms with Crippen molar-refractivity contribution in [2.75, 3.05) is 9.80 Å². The van der Waals surface area contributed by atoms with Crippen LogP contribution in [0.4, 0.5) is 34.1 Å². The molecule has 358 valence electrons. The molecule has 17 rings (SSSR count). The van der Waals surface area contributed by atoms with Gasteiger partial charge in [0.25, 0.3) is 6.71 Å². The zero-order chi connectivity index (χ0) is 50.3. The van der Waals surface area contributed by atoms with Gasteiger partial charge in [-0.1, -0.05) is 152 Å². The first-order chi connectivity index (χ1) is 38.2. The second-order valence-electron chi connectivity index (χ2n) is 20.4. The monoisotopic (exact) mass is 982 g/mol. The Hall–Kier alpha value is -10.2. The molecule has 0 atom stereocenters. The van der Waals surface area contributed by atoms with Crippen molar-refractivity contribution in [2.45, 2.75) is 0 Å². The topological polar surface area (TPSA) is 42.6 Å².